The van der Waals surface area contributed by atoms with Gasteiger partial charge < -0.3 is 43.7 Å². The molecule has 11 heterocycles. The minimum Gasteiger partial charge on any atom is -0.500 e. The number of aromatic nitrogens is 8. The first kappa shape index (κ1) is 91.3. The second kappa shape index (κ2) is 41.6. The summed E-state index contributed by atoms with van der Waals surface area (Å²) in [5, 5.41) is 12.1. The third-order valence-corrected chi connectivity index (χ3v) is 34.5. The Labute approximate surface area is 779 Å². The van der Waals surface area contributed by atoms with Gasteiger partial charge in [0.15, 0.2) is 9.84 Å². The zero-order chi connectivity index (χ0) is 84.8. The minimum absolute atomic E-state index is 0. The summed E-state index contributed by atoms with van der Waals surface area (Å²) in [5.41, 5.74) is 16.1. The van der Waals surface area contributed by atoms with Crippen molar-refractivity contribution in [3.63, 3.8) is 0 Å². The Morgan fingerprint density at radius 3 is 1.18 bits per heavy atom. The fraction of sp³-hybridized carbons (Fsp3) is 0.0654. The summed E-state index contributed by atoms with van der Waals surface area (Å²) in [6.45, 7) is 16.0. The SMILES string of the molecule is C[Si](C)(c1ccccc1)c1ccc(-c2[c-]ccc3c2S(=O)(=O)c2ccccc2-3)nc1.C[Si](C)(c1ccccc1)c1ccc(-c2[c-]ncc3c2oc2ccccc23)nc1.Cc1ccc2c(n1)oc1c(-c3ccc([Si](C)(C)c4ccccc4)cn3)[c-]ccc12.[Ir].[Ir].[Ir].[c-]1ccccc1-c1ccccn1.[c-]1ccccc1-c1ccccn1.[c-]1ccccc1-c1ccccn1. The second-order valence-corrected chi connectivity index (χ2v) is 46.0. The first-order valence-electron chi connectivity index (χ1n) is 40.5. The van der Waals surface area contributed by atoms with Gasteiger partial charge in [-0.25, -0.2) is 13.4 Å². The maximum absolute atomic E-state index is 13.2. The molecule has 21 rings (SSSR count). The number of para-hydroxylation sites is 1. The van der Waals surface area contributed by atoms with Crippen LogP contribution in [0.2, 0.25) is 39.3 Å². The van der Waals surface area contributed by atoms with Gasteiger partial charge >= 0.3 is 0 Å². The van der Waals surface area contributed by atoms with Crippen molar-refractivity contribution in [2.45, 2.75) is 56.0 Å². The summed E-state index contributed by atoms with van der Waals surface area (Å²) < 4.78 is 38.7. The topological polar surface area (TPSA) is 164 Å². The van der Waals surface area contributed by atoms with E-state index in [0.717, 1.165) is 111 Å². The van der Waals surface area contributed by atoms with Gasteiger partial charge in [0.2, 0.25) is 5.71 Å². The summed E-state index contributed by atoms with van der Waals surface area (Å²) in [7, 11) is -9.00. The molecule has 0 unspecified atom stereocenters. The number of fused-ring (bicyclic) bond motifs is 9. The first-order chi connectivity index (χ1) is 60.0. The predicted octanol–water partition coefficient (Wildman–Crippen LogP) is 21.5. The quantitative estimate of drug-likeness (QED) is 0.0841. The summed E-state index contributed by atoms with van der Waals surface area (Å²) >= 11 is 0. The Balaban J connectivity index is 0.000000134. The van der Waals surface area contributed by atoms with E-state index in [4.69, 9.17) is 18.8 Å². The van der Waals surface area contributed by atoms with Crippen molar-refractivity contribution in [1.82, 2.24) is 39.9 Å². The van der Waals surface area contributed by atoms with Gasteiger partial charge in [-0.3, -0.25) is 0 Å². The van der Waals surface area contributed by atoms with Gasteiger partial charge in [0.25, 0.3) is 0 Å². The Bertz CT molecular complexity index is 6780. The van der Waals surface area contributed by atoms with Gasteiger partial charge in [-0.05, 0) is 127 Å². The zero-order valence-corrected chi connectivity index (χ0v) is 81.0. The van der Waals surface area contributed by atoms with Gasteiger partial charge in [-0.1, -0.05) is 277 Å². The number of hydrogen-bond acceptors (Lipinski definition) is 12. The average Bonchev–Trinajstić information content (AvgIpc) is 1.56. The molecule has 0 atom stereocenters. The van der Waals surface area contributed by atoms with E-state index < -0.39 is 34.1 Å². The van der Waals surface area contributed by atoms with Crippen LogP contribution < -0.4 is 31.1 Å². The molecule has 0 bridgehead atoms. The largest absolute Gasteiger partial charge is 0.500 e. The molecule has 10 aromatic heterocycles. The molecule has 0 spiro atoms. The number of aryl methyl sites for hydroxylation is 1. The molecule has 0 saturated heterocycles. The van der Waals surface area contributed by atoms with Crippen LogP contribution in [0.5, 0.6) is 0 Å². The molecule has 3 radical (unpaired) electrons. The third kappa shape index (κ3) is 20.4. The molecule has 20 aromatic rings. The number of hydrogen-bond donors (Lipinski definition) is 0. The van der Waals surface area contributed by atoms with Crippen molar-refractivity contribution in [2.24, 2.45) is 0 Å². The second-order valence-electron chi connectivity index (χ2n) is 30.9. The van der Waals surface area contributed by atoms with Crippen LogP contribution in [-0.4, -0.2) is 72.5 Å². The van der Waals surface area contributed by atoms with Crippen LogP contribution in [0.25, 0.3) is 123 Å². The molecule has 12 nitrogen and oxygen atoms in total. The van der Waals surface area contributed by atoms with E-state index in [1.807, 2.05) is 226 Å². The van der Waals surface area contributed by atoms with Gasteiger partial charge in [0.1, 0.15) is 29.8 Å². The molecule has 0 amide bonds. The molecule has 627 valence electrons. The molecule has 10 aromatic carbocycles. The van der Waals surface area contributed by atoms with Gasteiger partial charge in [0, 0.05) is 114 Å². The molecule has 0 N–H and O–H groups in total. The van der Waals surface area contributed by atoms with Crippen LogP contribution >= 0.6 is 0 Å². The number of furan rings is 2. The van der Waals surface area contributed by atoms with E-state index in [1.165, 1.54) is 31.1 Å². The van der Waals surface area contributed by atoms with Crippen molar-refractivity contribution in [3.8, 4) is 78.7 Å². The van der Waals surface area contributed by atoms with Crippen molar-refractivity contribution in [1.29, 1.82) is 0 Å². The van der Waals surface area contributed by atoms with Crippen molar-refractivity contribution in [2.75, 3.05) is 0 Å². The van der Waals surface area contributed by atoms with Crippen molar-refractivity contribution < 1.29 is 77.6 Å². The fourth-order valence-corrected chi connectivity index (χ4v) is 23.5. The molecular weight excluding hydrogens is 2150 g/mol. The Hall–Kier alpha value is -12.5. The molecule has 19 heteroatoms. The average molecular weight is 2240 g/mol. The fourth-order valence-electron chi connectivity index (χ4n) is 14.9. The molecule has 1 aliphatic heterocycles. The first-order valence-corrected chi connectivity index (χ1v) is 51.0. The zero-order valence-electron chi connectivity index (χ0n) is 70.0. The maximum atomic E-state index is 13.2. The molecule has 0 saturated carbocycles. The Morgan fingerprint density at radius 2 is 0.722 bits per heavy atom. The maximum Gasteiger partial charge on any atom is 0.216 e. The van der Waals surface area contributed by atoms with E-state index in [1.54, 1.807) is 36.8 Å². The summed E-state index contributed by atoms with van der Waals surface area (Å²) in [4.78, 5) is 36.4. The van der Waals surface area contributed by atoms with Gasteiger partial charge in [-0.15, -0.1) is 150 Å². The number of rotatable bonds is 12. The van der Waals surface area contributed by atoms with Crippen molar-refractivity contribution >= 4 is 109 Å². The van der Waals surface area contributed by atoms with E-state index in [9.17, 15) is 8.42 Å². The van der Waals surface area contributed by atoms with Crippen LogP contribution in [0.15, 0.2) is 402 Å². The van der Waals surface area contributed by atoms with E-state index in [0.29, 0.717) is 26.8 Å². The molecular formula is C107H84Ir3N8O4SSi3-6. The Morgan fingerprint density at radius 1 is 0.302 bits per heavy atom. The van der Waals surface area contributed by atoms with Crippen LogP contribution in [0.4, 0.5) is 0 Å². The van der Waals surface area contributed by atoms with Crippen LogP contribution in [0.3, 0.4) is 0 Å². The number of nitrogens with zero attached hydrogens (tertiary/aromatic N) is 8. The predicted molar refractivity (Wildman–Crippen MR) is 506 cm³/mol. The summed E-state index contributed by atoms with van der Waals surface area (Å²) in [5.74, 6) is 0. The van der Waals surface area contributed by atoms with Gasteiger partial charge in [-0.2, -0.15) is 0 Å². The number of sulfone groups is 1. The van der Waals surface area contributed by atoms with E-state index in [2.05, 4.69) is 233 Å². The molecule has 0 aliphatic carbocycles. The van der Waals surface area contributed by atoms with Gasteiger partial charge in [0.05, 0.1) is 16.1 Å². The molecule has 1 aliphatic rings. The molecule has 126 heavy (non-hydrogen) atoms. The number of benzene rings is 10. The van der Waals surface area contributed by atoms with Crippen LogP contribution in [-0.2, 0) is 70.2 Å². The van der Waals surface area contributed by atoms with E-state index in [-0.39, 0.29) is 60.3 Å². The standard InChI is InChI=1S/C25H21N2OSi.C25H20NO2SSi.C24H19N2OSi.3C11H8N.3Ir/c1-17-12-14-21-20-10-7-11-22(24(20)28-25(21)27-17)23-15-13-19(16-26-23)29(2,3)18-8-5-4-6-9-18;1-30(2,18-9-4-3-5-10-18)19-15-16-23(26-17-19)22-13-8-12-21-20-11-6-7-14-24(20)29(27,28)25(21)22;1-28(2,17-8-4-3-5-9-17)18-12-13-22(26-14-18)21-16-25-15-20-19-10-6-7-11-23(19)27-24(20)21;3*1-2-6-10(7-3-1)11-8-4-5-9-12-11;;;/h4-10,12-16H,1-3H3;3-12,14-17H,1-2H3;3-15H,1-2H3;3*1-6,8-9H;;;/q6*-1;;;. The number of pyridine rings is 8. The van der Waals surface area contributed by atoms with E-state index >= 15 is 0 Å². The Kier molecular flexibility index (Phi) is 30.1. The normalized spacial score (nSPS) is 11.5. The summed E-state index contributed by atoms with van der Waals surface area (Å²) in [6.07, 6.45) is 16.2. The van der Waals surface area contributed by atoms with Crippen LogP contribution in [0.1, 0.15) is 5.69 Å². The monoisotopic (exact) mass is 2240 g/mol. The van der Waals surface area contributed by atoms with Crippen LogP contribution in [0, 0.1) is 43.5 Å². The summed E-state index contributed by atoms with van der Waals surface area (Å²) in [6, 6.07) is 128. The molecule has 0 fully saturated rings. The third-order valence-electron chi connectivity index (χ3n) is 22.0. The van der Waals surface area contributed by atoms with Crippen molar-refractivity contribution in [3.05, 3.63) is 425 Å². The minimum atomic E-state index is -3.59. The smallest absolute Gasteiger partial charge is 0.216 e.